The third-order valence-corrected chi connectivity index (χ3v) is 6.26. The molecule has 184 valence electrons. The number of carbonyl (C=O) groups excluding carboxylic acids is 2. The van der Waals surface area contributed by atoms with Crippen molar-refractivity contribution >= 4 is 55.0 Å². The summed E-state index contributed by atoms with van der Waals surface area (Å²) in [6, 6.07) is 13.1. The van der Waals surface area contributed by atoms with Crippen molar-refractivity contribution in [1.29, 1.82) is 0 Å². The molecule has 0 aromatic heterocycles. The zero-order valence-corrected chi connectivity index (χ0v) is 23.5. The number of amides is 2. The van der Waals surface area contributed by atoms with Crippen molar-refractivity contribution in [2.75, 3.05) is 23.8 Å². The number of benzene rings is 3. The highest BCUT2D eigenvalue weighted by Crippen LogP contribution is 2.28. The van der Waals surface area contributed by atoms with Crippen molar-refractivity contribution < 1.29 is 19.1 Å². The predicted molar refractivity (Wildman–Crippen MR) is 147 cm³/mol. The SMILES string of the molecule is Cc1ccc(NC(=O)COc2c(C)cc(Br)cc2C)cc1NC(=O)COc1c(C)cc(Br)cc1C. The monoisotopic (exact) mass is 602 g/mol. The molecular formula is C27H28Br2N2O4. The van der Waals surface area contributed by atoms with E-state index in [0.29, 0.717) is 22.9 Å². The van der Waals surface area contributed by atoms with Gasteiger partial charge in [-0.05, 0) is 98.8 Å². The molecule has 0 atom stereocenters. The number of anilines is 2. The highest BCUT2D eigenvalue weighted by molar-refractivity contribution is 9.10. The van der Waals surface area contributed by atoms with E-state index in [1.165, 1.54) is 0 Å². The molecule has 0 radical (unpaired) electrons. The van der Waals surface area contributed by atoms with Crippen LogP contribution in [0.25, 0.3) is 0 Å². The minimum Gasteiger partial charge on any atom is -0.483 e. The molecule has 0 saturated heterocycles. The lowest BCUT2D eigenvalue weighted by molar-refractivity contribution is -0.118. The molecule has 35 heavy (non-hydrogen) atoms. The highest BCUT2D eigenvalue weighted by atomic mass is 79.9. The summed E-state index contributed by atoms with van der Waals surface area (Å²) in [5.41, 5.74) is 5.80. The van der Waals surface area contributed by atoms with Crippen LogP contribution >= 0.6 is 31.9 Å². The molecule has 0 saturated carbocycles. The lowest BCUT2D eigenvalue weighted by Crippen LogP contribution is -2.22. The maximum absolute atomic E-state index is 12.6. The average molecular weight is 604 g/mol. The second-order valence-electron chi connectivity index (χ2n) is 8.44. The minimum absolute atomic E-state index is 0.126. The molecule has 0 unspecified atom stereocenters. The van der Waals surface area contributed by atoms with Crippen molar-refractivity contribution in [3.05, 3.63) is 79.2 Å². The lowest BCUT2D eigenvalue weighted by atomic mass is 10.1. The van der Waals surface area contributed by atoms with Crippen LogP contribution in [-0.4, -0.2) is 25.0 Å². The molecule has 0 aliphatic rings. The Morgan fingerprint density at radius 1 is 0.657 bits per heavy atom. The molecule has 2 N–H and O–H groups in total. The smallest absolute Gasteiger partial charge is 0.262 e. The van der Waals surface area contributed by atoms with Crippen molar-refractivity contribution in [3.8, 4) is 11.5 Å². The molecule has 6 nitrogen and oxygen atoms in total. The number of carbonyl (C=O) groups is 2. The number of aryl methyl sites for hydroxylation is 5. The Morgan fingerprint density at radius 2 is 1.09 bits per heavy atom. The summed E-state index contributed by atoms with van der Waals surface area (Å²) >= 11 is 6.92. The molecule has 3 rings (SSSR count). The third kappa shape index (κ3) is 7.32. The van der Waals surface area contributed by atoms with Gasteiger partial charge in [0.25, 0.3) is 11.8 Å². The van der Waals surface area contributed by atoms with E-state index in [9.17, 15) is 9.59 Å². The summed E-state index contributed by atoms with van der Waals surface area (Å²) in [5, 5.41) is 5.68. The standard InChI is InChI=1S/C27H28Br2N2O4/c1-15-6-7-22(30-24(32)13-34-26-16(2)8-20(28)9-17(26)3)12-23(15)31-25(33)14-35-27-18(4)10-21(29)11-19(27)5/h6-12H,13-14H2,1-5H3,(H,30,32)(H,31,33). The maximum Gasteiger partial charge on any atom is 0.262 e. The Balaban J connectivity index is 1.59. The van der Waals surface area contributed by atoms with Crippen molar-refractivity contribution in [2.45, 2.75) is 34.6 Å². The summed E-state index contributed by atoms with van der Waals surface area (Å²) in [6.07, 6.45) is 0. The molecule has 0 aliphatic heterocycles. The number of nitrogens with one attached hydrogen (secondary N) is 2. The van der Waals surface area contributed by atoms with Gasteiger partial charge in [-0.15, -0.1) is 0 Å². The van der Waals surface area contributed by atoms with Crippen LogP contribution in [-0.2, 0) is 9.59 Å². The first-order valence-corrected chi connectivity index (χ1v) is 12.6. The quantitative estimate of drug-likeness (QED) is 0.297. The first-order valence-electron chi connectivity index (χ1n) is 11.0. The van der Waals surface area contributed by atoms with Gasteiger partial charge in [-0.1, -0.05) is 37.9 Å². The summed E-state index contributed by atoms with van der Waals surface area (Å²) < 4.78 is 13.5. The summed E-state index contributed by atoms with van der Waals surface area (Å²) in [5.74, 6) is 0.800. The van der Waals surface area contributed by atoms with Gasteiger partial charge in [0.15, 0.2) is 13.2 Å². The Hall–Kier alpha value is -2.84. The Morgan fingerprint density at radius 3 is 1.54 bits per heavy atom. The summed E-state index contributed by atoms with van der Waals surface area (Å²) in [7, 11) is 0. The van der Waals surface area contributed by atoms with Gasteiger partial charge in [0.05, 0.1) is 0 Å². The maximum atomic E-state index is 12.6. The van der Waals surface area contributed by atoms with Crippen molar-refractivity contribution in [3.63, 3.8) is 0 Å². The molecule has 0 aliphatic carbocycles. The Labute approximate surface area is 222 Å². The molecule has 0 heterocycles. The molecule has 8 heteroatoms. The van der Waals surface area contributed by atoms with Crippen LogP contribution in [0.15, 0.2) is 51.4 Å². The van der Waals surface area contributed by atoms with E-state index in [1.54, 1.807) is 12.1 Å². The Bertz CT molecular complexity index is 1230. The molecule has 0 fully saturated rings. The van der Waals surface area contributed by atoms with Gasteiger partial charge in [-0.25, -0.2) is 0 Å². The second kappa shape index (κ2) is 11.7. The number of hydrogen-bond acceptors (Lipinski definition) is 4. The number of hydrogen-bond donors (Lipinski definition) is 2. The Kier molecular flexibility index (Phi) is 8.97. The van der Waals surface area contributed by atoms with Crippen LogP contribution in [0.1, 0.15) is 27.8 Å². The van der Waals surface area contributed by atoms with E-state index in [2.05, 4.69) is 42.5 Å². The van der Waals surface area contributed by atoms with Crippen LogP contribution in [0.2, 0.25) is 0 Å². The van der Waals surface area contributed by atoms with E-state index in [1.807, 2.05) is 65.0 Å². The minimum atomic E-state index is -0.294. The molecular weight excluding hydrogens is 576 g/mol. The fourth-order valence-electron chi connectivity index (χ4n) is 3.74. The van der Waals surface area contributed by atoms with Gasteiger partial charge in [0.2, 0.25) is 0 Å². The van der Waals surface area contributed by atoms with Crippen LogP contribution in [0.3, 0.4) is 0 Å². The van der Waals surface area contributed by atoms with Crippen LogP contribution < -0.4 is 20.1 Å². The van der Waals surface area contributed by atoms with E-state index in [0.717, 1.165) is 36.8 Å². The lowest BCUT2D eigenvalue weighted by Gasteiger charge is -2.15. The largest absolute Gasteiger partial charge is 0.483 e. The van der Waals surface area contributed by atoms with Gasteiger partial charge >= 0.3 is 0 Å². The van der Waals surface area contributed by atoms with Gasteiger partial charge in [-0.3, -0.25) is 9.59 Å². The van der Waals surface area contributed by atoms with Gasteiger partial charge in [-0.2, -0.15) is 0 Å². The van der Waals surface area contributed by atoms with Crippen molar-refractivity contribution in [1.82, 2.24) is 0 Å². The zero-order valence-electron chi connectivity index (χ0n) is 20.3. The fraction of sp³-hybridized carbons (Fsp3) is 0.259. The van der Waals surface area contributed by atoms with E-state index in [4.69, 9.17) is 9.47 Å². The van der Waals surface area contributed by atoms with Crippen LogP contribution in [0.4, 0.5) is 11.4 Å². The number of rotatable bonds is 8. The fourth-order valence-corrected chi connectivity index (χ4v) is 5.12. The molecule has 0 bridgehead atoms. The molecule has 2 amide bonds. The van der Waals surface area contributed by atoms with Crippen LogP contribution in [0, 0.1) is 34.6 Å². The first-order chi connectivity index (χ1) is 16.5. The summed E-state index contributed by atoms with van der Waals surface area (Å²) in [4.78, 5) is 25.0. The van der Waals surface area contributed by atoms with Gasteiger partial charge < -0.3 is 20.1 Å². The summed E-state index contributed by atoms with van der Waals surface area (Å²) in [6.45, 7) is 9.37. The first kappa shape index (κ1) is 26.8. The van der Waals surface area contributed by atoms with E-state index in [-0.39, 0.29) is 25.0 Å². The third-order valence-electron chi connectivity index (χ3n) is 5.34. The van der Waals surface area contributed by atoms with E-state index >= 15 is 0 Å². The second-order valence-corrected chi connectivity index (χ2v) is 10.3. The zero-order chi connectivity index (χ0) is 25.7. The van der Waals surface area contributed by atoms with Crippen LogP contribution in [0.5, 0.6) is 11.5 Å². The topological polar surface area (TPSA) is 76.7 Å². The highest BCUT2D eigenvalue weighted by Gasteiger charge is 2.12. The van der Waals surface area contributed by atoms with E-state index < -0.39 is 0 Å². The molecule has 3 aromatic carbocycles. The van der Waals surface area contributed by atoms with Gasteiger partial charge in [0.1, 0.15) is 11.5 Å². The normalized spacial score (nSPS) is 10.6. The van der Waals surface area contributed by atoms with Crippen molar-refractivity contribution in [2.24, 2.45) is 0 Å². The number of ether oxygens (including phenoxy) is 2. The number of halogens is 2. The average Bonchev–Trinajstić information content (AvgIpc) is 2.74. The van der Waals surface area contributed by atoms with Gasteiger partial charge in [0, 0.05) is 20.3 Å². The predicted octanol–water partition coefficient (Wildman–Crippen LogP) is 6.79. The molecule has 3 aromatic rings. The molecule has 0 spiro atoms.